The van der Waals surface area contributed by atoms with E-state index in [4.69, 9.17) is 4.74 Å². The predicted octanol–water partition coefficient (Wildman–Crippen LogP) is 6.95. The summed E-state index contributed by atoms with van der Waals surface area (Å²) in [5.74, 6) is 0.901. The number of allylic oxidation sites excluding steroid dienone is 1. The lowest BCUT2D eigenvalue weighted by Gasteiger charge is -2.06. The molecule has 0 fully saturated rings. The second-order valence-corrected chi connectivity index (χ2v) is 7.84. The zero-order valence-electron chi connectivity index (χ0n) is 16.7. The number of nitrogens with zero attached hydrogens (tertiary/aromatic N) is 2. The van der Waals surface area contributed by atoms with Gasteiger partial charge in [0.1, 0.15) is 22.4 Å². The van der Waals surface area contributed by atoms with E-state index in [1.54, 1.807) is 11.3 Å². The third-order valence-corrected chi connectivity index (χ3v) is 5.52. The van der Waals surface area contributed by atoms with Crippen LogP contribution in [0.1, 0.15) is 44.5 Å². The van der Waals surface area contributed by atoms with E-state index >= 15 is 0 Å². The van der Waals surface area contributed by atoms with Crippen molar-refractivity contribution in [3.8, 4) is 27.4 Å². The number of unbranched alkanes of at least 4 members (excludes halogenated alkanes) is 2. The fraction of sp³-hybridized carbons (Fsp3) is 0.333. The van der Waals surface area contributed by atoms with E-state index in [1.807, 2.05) is 12.1 Å². The van der Waals surface area contributed by atoms with Crippen LogP contribution in [0, 0.1) is 0 Å². The fourth-order valence-corrected chi connectivity index (χ4v) is 3.83. The first-order valence-corrected chi connectivity index (χ1v) is 10.9. The highest BCUT2D eigenvalue weighted by molar-refractivity contribution is 7.14. The standard InChI is InChI=1S/C24H28N2OS/c1-3-5-6-7-8-18-27-22-16-14-20(15-17-22)19-10-12-21(13-11-19)24-26-25-23(28-24)9-4-2/h7-8,10-17H,3-6,9,18H2,1-2H3/b8-7+. The van der Waals surface area contributed by atoms with Crippen LogP contribution >= 0.6 is 11.3 Å². The summed E-state index contributed by atoms with van der Waals surface area (Å²) >= 11 is 1.68. The first-order chi connectivity index (χ1) is 13.8. The molecule has 0 amide bonds. The Bertz CT molecular complexity index is 866. The van der Waals surface area contributed by atoms with E-state index in [1.165, 1.54) is 24.0 Å². The summed E-state index contributed by atoms with van der Waals surface area (Å²) in [6.45, 7) is 5.00. The third-order valence-electron chi connectivity index (χ3n) is 4.49. The van der Waals surface area contributed by atoms with Crippen LogP contribution in [-0.2, 0) is 6.42 Å². The summed E-state index contributed by atoms with van der Waals surface area (Å²) in [6, 6.07) is 16.8. The number of ether oxygens (including phenoxy) is 1. The Labute approximate surface area is 172 Å². The first-order valence-electron chi connectivity index (χ1n) is 10.1. The minimum Gasteiger partial charge on any atom is -0.490 e. The van der Waals surface area contributed by atoms with Crippen molar-refractivity contribution in [2.75, 3.05) is 6.61 Å². The van der Waals surface area contributed by atoms with Gasteiger partial charge < -0.3 is 4.74 Å². The number of rotatable bonds is 10. The van der Waals surface area contributed by atoms with E-state index in [0.717, 1.165) is 40.6 Å². The molecule has 0 N–H and O–H groups in total. The highest BCUT2D eigenvalue weighted by atomic mass is 32.1. The lowest BCUT2D eigenvalue weighted by atomic mass is 10.0. The number of aromatic nitrogens is 2. The summed E-state index contributed by atoms with van der Waals surface area (Å²) in [5, 5.41) is 10.7. The molecule has 0 unspecified atom stereocenters. The molecular formula is C24H28N2OS. The molecule has 28 heavy (non-hydrogen) atoms. The van der Waals surface area contributed by atoms with E-state index in [-0.39, 0.29) is 0 Å². The van der Waals surface area contributed by atoms with Crippen LogP contribution in [-0.4, -0.2) is 16.8 Å². The van der Waals surface area contributed by atoms with Crippen LogP contribution in [0.5, 0.6) is 5.75 Å². The Hall–Kier alpha value is -2.46. The van der Waals surface area contributed by atoms with Crippen molar-refractivity contribution >= 4 is 11.3 Å². The molecule has 0 radical (unpaired) electrons. The molecule has 0 saturated carbocycles. The monoisotopic (exact) mass is 392 g/mol. The van der Waals surface area contributed by atoms with Gasteiger partial charge in [0.05, 0.1) is 0 Å². The maximum Gasteiger partial charge on any atom is 0.147 e. The van der Waals surface area contributed by atoms with Crippen LogP contribution in [0.2, 0.25) is 0 Å². The van der Waals surface area contributed by atoms with E-state index in [9.17, 15) is 0 Å². The van der Waals surface area contributed by atoms with Crippen molar-refractivity contribution in [2.45, 2.75) is 46.0 Å². The first kappa shape index (κ1) is 20.3. The third kappa shape index (κ3) is 5.77. The zero-order chi connectivity index (χ0) is 19.6. The molecule has 1 aromatic heterocycles. The molecule has 0 saturated heterocycles. The quantitative estimate of drug-likeness (QED) is 0.276. The van der Waals surface area contributed by atoms with E-state index < -0.39 is 0 Å². The summed E-state index contributed by atoms with van der Waals surface area (Å²) < 4.78 is 5.78. The molecule has 0 spiro atoms. The summed E-state index contributed by atoms with van der Waals surface area (Å²) in [6.07, 6.45) is 9.99. The molecule has 3 nitrogen and oxygen atoms in total. The van der Waals surface area contributed by atoms with Gasteiger partial charge in [-0.3, -0.25) is 0 Å². The van der Waals surface area contributed by atoms with Crippen LogP contribution in [0.3, 0.4) is 0 Å². The number of hydrogen-bond donors (Lipinski definition) is 0. The van der Waals surface area contributed by atoms with Crippen molar-refractivity contribution in [3.63, 3.8) is 0 Å². The van der Waals surface area contributed by atoms with Crippen molar-refractivity contribution in [1.82, 2.24) is 10.2 Å². The van der Waals surface area contributed by atoms with Gasteiger partial charge in [-0.25, -0.2) is 0 Å². The van der Waals surface area contributed by atoms with Crippen molar-refractivity contribution in [2.24, 2.45) is 0 Å². The minimum absolute atomic E-state index is 0.625. The molecule has 1 heterocycles. The van der Waals surface area contributed by atoms with Crippen LogP contribution in [0.4, 0.5) is 0 Å². The minimum atomic E-state index is 0.625. The molecule has 0 aliphatic carbocycles. The van der Waals surface area contributed by atoms with Crippen molar-refractivity contribution in [1.29, 1.82) is 0 Å². The molecule has 3 aromatic rings. The highest BCUT2D eigenvalue weighted by Gasteiger charge is 2.07. The molecule has 0 aliphatic heterocycles. The number of benzene rings is 2. The molecule has 146 valence electrons. The van der Waals surface area contributed by atoms with Gasteiger partial charge in [-0.05, 0) is 36.1 Å². The zero-order valence-corrected chi connectivity index (χ0v) is 17.5. The van der Waals surface area contributed by atoms with Gasteiger partial charge in [-0.15, -0.1) is 10.2 Å². The van der Waals surface area contributed by atoms with Gasteiger partial charge in [-0.1, -0.05) is 86.6 Å². The van der Waals surface area contributed by atoms with Gasteiger partial charge >= 0.3 is 0 Å². The Morgan fingerprint density at radius 2 is 1.50 bits per heavy atom. The number of hydrogen-bond acceptors (Lipinski definition) is 4. The second kappa shape index (κ2) is 10.8. The van der Waals surface area contributed by atoms with Crippen LogP contribution < -0.4 is 4.74 Å². The van der Waals surface area contributed by atoms with Gasteiger partial charge in [0, 0.05) is 12.0 Å². The Balaban J connectivity index is 1.58. The molecule has 0 aliphatic rings. The van der Waals surface area contributed by atoms with E-state index in [0.29, 0.717) is 6.61 Å². The topological polar surface area (TPSA) is 35.0 Å². The molecule has 2 aromatic carbocycles. The Kier molecular flexibility index (Phi) is 7.80. The lowest BCUT2D eigenvalue weighted by molar-refractivity contribution is 0.362. The summed E-state index contributed by atoms with van der Waals surface area (Å²) in [4.78, 5) is 0. The Morgan fingerprint density at radius 3 is 2.18 bits per heavy atom. The molecule has 3 rings (SSSR count). The summed E-state index contributed by atoms with van der Waals surface area (Å²) in [5.41, 5.74) is 3.49. The molecule has 0 bridgehead atoms. The van der Waals surface area contributed by atoms with Crippen molar-refractivity contribution in [3.05, 3.63) is 65.7 Å². The van der Waals surface area contributed by atoms with Gasteiger partial charge in [0.2, 0.25) is 0 Å². The average Bonchev–Trinajstić information content (AvgIpc) is 3.20. The SMILES string of the molecule is CCCC/C=C/COc1ccc(-c2ccc(-c3nnc(CCC)s3)cc2)cc1. The highest BCUT2D eigenvalue weighted by Crippen LogP contribution is 2.28. The van der Waals surface area contributed by atoms with Gasteiger partial charge in [0.15, 0.2) is 0 Å². The molecule has 4 heteroatoms. The fourth-order valence-electron chi connectivity index (χ4n) is 2.89. The van der Waals surface area contributed by atoms with Crippen LogP contribution in [0.15, 0.2) is 60.7 Å². The lowest BCUT2D eigenvalue weighted by Crippen LogP contribution is -1.93. The smallest absolute Gasteiger partial charge is 0.147 e. The molecular weight excluding hydrogens is 364 g/mol. The summed E-state index contributed by atoms with van der Waals surface area (Å²) in [7, 11) is 0. The maximum absolute atomic E-state index is 5.78. The second-order valence-electron chi connectivity index (χ2n) is 6.78. The predicted molar refractivity (Wildman–Crippen MR) is 119 cm³/mol. The largest absolute Gasteiger partial charge is 0.490 e. The van der Waals surface area contributed by atoms with Crippen LogP contribution in [0.25, 0.3) is 21.7 Å². The van der Waals surface area contributed by atoms with Crippen molar-refractivity contribution < 1.29 is 4.74 Å². The van der Waals surface area contributed by atoms with E-state index in [2.05, 4.69) is 72.6 Å². The number of aryl methyl sites for hydroxylation is 1. The molecule has 0 atom stereocenters. The van der Waals surface area contributed by atoms with Gasteiger partial charge in [0.25, 0.3) is 0 Å². The maximum atomic E-state index is 5.78. The van der Waals surface area contributed by atoms with Gasteiger partial charge in [-0.2, -0.15) is 0 Å². The normalized spacial score (nSPS) is 11.2. The average molecular weight is 393 g/mol. The Morgan fingerprint density at radius 1 is 0.821 bits per heavy atom.